The first kappa shape index (κ1) is 20.6. The average molecular weight is 403 g/mol. The monoisotopic (exact) mass is 403 g/mol. The van der Waals surface area contributed by atoms with Crippen LogP contribution in [0.4, 0.5) is 16.2 Å². The van der Waals surface area contributed by atoms with E-state index in [1.165, 1.54) is 0 Å². The molecule has 0 aliphatic carbocycles. The maximum atomic E-state index is 12.2. The summed E-state index contributed by atoms with van der Waals surface area (Å²) in [7, 11) is 3.14. The number of rotatable bonds is 7. The number of hydrogen-bond donors (Lipinski definition) is 2. The second-order valence-corrected chi connectivity index (χ2v) is 6.23. The molecule has 0 bridgehead atoms. The normalized spacial score (nSPS) is 9.90. The molecule has 2 amide bonds. The van der Waals surface area contributed by atoms with Crippen molar-refractivity contribution in [1.29, 1.82) is 0 Å². The quantitative estimate of drug-likeness (QED) is 0.520. The van der Waals surface area contributed by atoms with Gasteiger partial charge in [-0.05, 0) is 54.1 Å². The van der Waals surface area contributed by atoms with E-state index in [4.69, 9.17) is 20.8 Å². The lowest BCUT2D eigenvalue weighted by Gasteiger charge is -2.11. The third-order valence-electron chi connectivity index (χ3n) is 4.21. The number of ether oxygens (including phenoxy) is 3. The van der Waals surface area contributed by atoms with Crippen molar-refractivity contribution in [3.8, 4) is 23.0 Å². The standard InChI is InChI=1S/C23H21N3O4/c1-24-17-5-9-19(10-6-17)30-20-11-7-18(8-12-20)26-23(27)25-15-16-4-13-21(28-2)22(14-16)29-3/h4-14H,15H2,2-3H3,(H2,25,26,27). The Morgan fingerprint density at radius 3 is 2.13 bits per heavy atom. The van der Waals surface area contributed by atoms with Gasteiger partial charge in [0, 0.05) is 12.2 Å². The highest BCUT2D eigenvalue weighted by Gasteiger charge is 2.07. The fourth-order valence-electron chi connectivity index (χ4n) is 2.68. The second-order valence-electron chi connectivity index (χ2n) is 6.23. The molecule has 7 heteroatoms. The second kappa shape index (κ2) is 9.85. The van der Waals surface area contributed by atoms with Crippen LogP contribution in [0, 0.1) is 6.57 Å². The molecule has 0 radical (unpaired) electrons. The van der Waals surface area contributed by atoms with E-state index in [1.807, 2.05) is 12.1 Å². The van der Waals surface area contributed by atoms with Gasteiger partial charge < -0.3 is 24.8 Å². The molecular formula is C23H21N3O4. The van der Waals surface area contributed by atoms with Crippen molar-refractivity contribution in [2.24, 2.45) is 0 Å². The molecule has 0 spiro atoms. The van der Waals surface area contributed by atoms with Crippen LogP contribution in [-0.4, -0.2) is 20.3 Å². The van der Waals surface area contributed by atoms with Crippen LogP contribution in [0.3, 0.4) is 0 Å². The van der Waals surface area contributed by atoms with Crippen LogP contribution in [0.25, 0.3) is 4.85 Å². The minimum Gasteiger partial charge on any atom is -0.493 e. The molecule has 7 nitrogen and oxygen atoms in total. The summed E-state index contributed by atoms with van der Waals surface area (Å²) in [6, 6.07) is 19.0. The van der Waals surface area contributed by atoms with Crippen LogP contribution in [-0.2, 0) is 6.54 Å². The van der Waals surface area contributed by atoms with Crippen molar-refractivity contribution >= 4 is 17.4 Å². The van der Waals surface area contributed by atoms with Gasteiger partial charge in [-0.15, -0.1) is 0 Å². The van der Waals surface area contributed by atoms with Gasteiger partial charge in [0.2, 0.25) is 0 Å². The Kier molecular flexibility index (Phi) is 6.74. The first-order chi connectivity index (χ1) is 14.6. The molecule has 0 aromatic heterocycles. The Bertz CT molecular complexity index is 1040. The van der Waals surface area contributed by atoms with Gasteiger partial charge in [0.1, 0.15) is 11.5 Å². The summed E-state index contributed by atoms with van der Waals surface area (Å²) >= 11 is 0. The maximum absolute atomic E-state index is 12.2. The van der Waals surface area contributed by atoms with Crippen molar-refractivity contribution in [3.63, 3.8) is 0 Å². The molecule has 152 valence electrons. The molecule has 0 unspecified atom stereocenters. The van der Waals surface area contributed by atoms with E-state index in [0.29, 0.717) is 40.9 Å². The lowest BCUT2D eigenvalue weighted by atomic mass is 10.2. The van der Waals surface area contributed by atoms with Crippen LogP contribution in [0.5, 0.6) is 23.0 Å². The minimum atomic E-state index is -0.326. The highest BCUT2D eigenvalue weighted by atomic mass is 16.5. The minimum absolute atomic E-state index is 0.326. The van der Waals surface area contributed by atoms with E-state index in [-0.39, 0.29) is 6.03 Å². The summed E-state index contributed by atoms with van der Waals surface area (Å²) in [6.07, 6.45) is 0. The highest BCUT2D eigenvalue weighted by molar-refractivity contribution is 5.89. The number of carbonyl (C=O) groups is 1. The van der Waals surface area contributed by atoms with Crippen LogP contribution >= 0.6 is 0 Å². The SMILES string of the molecule is [C-]#[N+]c1ccc(Oc2ccc(NC(=O)NCc3ccc(OC)c(OC)c3)cc2)cc1. The van der Waals surface area contributed by atoms with Crippen LogP contribution in [0.2, 0.25) is 0 Å². The van der Waals surface area contributed by atoms with Gasteiger partial charge in [0.25, 0.3) is 0 Å². The number of benzene rings is 3. The number of anilines is 1. The van der Waals surface area contributed by atoms with Gasteiger partial charge in [-0.1, -0.05) is 18.2 Å². The summed E-state index contributed by atoms with van der Waals surface area (Å²) in [5.41, 5.74) is 2.08. The average Bonchev–Trinajstić information content (AvgIpc) is 2.79. The van der Waals surface area contributed by atoms with Gasteiger partial charge in [0.15, 0.2) is 17.2 Å². The first-order valence-electron chi connectivity index (χ1n) is 9.12. The van der Waals surface area contributed by atoms with Gasteiger partial charge in [-0.2, -0.15) is 0 Å². The first-order valence-corrected chi connectivity index (χ1v) is 9.12. The smallest absolute Gasteiger partial charge is 0.319 e. The fraction of sp³-hybridized carbons (Fsp3) is 0.130. The van der Waals surface area contributed by atoms with Gasteiger partial charge in [0.05, 0.1) is 20.8 Å². The topological polar surface area (TPSA) is 73.2 Å². The van der Waals surface area contributed by atoms with Crippen molar-refractivity contribution in [2.45, 2.75) is 6.54 Å². The Morgan fingerprint density at radius 2 is 1.53 bits per heavy atom. The highest BCUT2D eigenvalue weighted by Crippen LogP contribution is 2.27. The van der Waals surface area contributed by atoms with Crippen molar-refractivity contribution in [3.05, 3.63) is 83.7 Å². The van der Waals surface area contributed by atoms with Crippen molar-refractivity contribution in [1.82, 2.24) is 5.32 Å². The Labute approximate surface area is 175 Å². The van der Waals surface area contributed by atoms with E-state index < -0.39 is 0 Å². The Morgan fingerprint density at radius 1 is 0.900 bits per heavy atom. The molecular weight excluding hydrogens is 382 g/mol. The Hall–Kier alpha value is -4.18. The summed E-state index contributed by atoms with van der Waals surface area (Å²) in [5.74, 6) is 2.50. The molecule has 30 heavy (non-hydrogen) atoms. The number of urea groups is 1. The summed E-state index contributed by atoms with van der Waals surface area (Å²) in [6.45, 7) is 7.30. The number of methoxy groups -OCH3 is 2. The van der Waals surface area contributed by atoms with Gasteiger partial charge >= 0.3 is 6.03 Å². The zero-order valence-electron chi connectivity index (χ0n) is 16.6. The van der Waals surface area contributed by atoms with E-state index in [1.54, 1.807) is 68.8 Å². The number of carbonyl (C=O) groups excluding carboxylic acids is 1. The lowest BCUT2D eigenvalue weighted by Crippen LogP contribution is -2.28. The van der Waals surface area contributed by atoms with Gasteiger partial charge in [-0.25, -0.2) is 9.64 Å². The number of hydrogen-bond acceptors (Lipinski definition) is 4. The van der Waals surface area contributed by atoms with E-state index in [2.05, 4.69) is 15.5 Å². The third kappa shape index (κ3) is 5.42. The lowest BCUT2D eigenvalue weighted by molar-refractivity contribution is 0.251. The largest absolute Gasteiger partial charge is 0.493 e. The molecule has 0 aliphatic rings. The van der Waals surface area contributed by atoms with Gasteiger partial charge in [-0.3, -0.25) is 0 Å². The Balaban J connectivity index is 1.52. The summed E-state index contributed by atoms with van der Waals surface area (Å²) < 4.78 is 16.2. The van der Waals surface area contributed by atoms with Crippen molar-refractivity contribution in [2.75, 3.05) is 19.5 Å². The van der Waals surface area contributed by atoms with E-state index in [9.17, 15) is 4.79 Å². The zero-order chi connectivity index (χ0) is 21.3. The van der Waals surface area contributed by atoms with E-state index in [0.717, 1.165) is 5.56 Å². The molecule has 0 fully saturated rings. The van der Waals surface area contributed by atoms with Crippen molar-refractivity contribution < 1.29 is 19.0 Å². The number of nitrogens with zero attached hydrogens (tertiary/aromatic N) is 1. The zero-order valence-corrected chi connectivity index (χ0v) is 16.6. The molecule has 0 aliphatic heterocycles. The molecule has 2 N–H and O–H groups in total. The van der Waals surface area contributed by atoms with Crippen LogP contribution < -0.4 is 24.8 Å². The molecule has 3 aromatic carbocycles. The van der Waals surface area contributed by atoms with Crippen LogP contribution in [0.15, 0.2) is 66.7 Å². The van der Waals surface area contributed by atoms with E-state index >= 15 is 0 Å². The molecule has 0 heterocycles. The molecule has 3 aromatic rings. The summed E-state index contributed by atoms with van der Waals surface area (Å²) in [5, 5.41) is 5.57. The predicted octanol–water partition coefficient (Wildman–Crippen LogP) is 5.37. The molecule has 0 atom stereocenters. The summed E-state index contributed by atoms with van der Waals surface area (Å²) in [4.78, 5) is 15.5. The molecule has 3 rings (SSSR count). The fourth-order valence-corrected chi connectivity index (χ4v) is 2.68. The van der Waals surface area contributed by atoms with Crippen LogP contribution in [0.1, 0.15) is 5.56 Å². The predicted molar refractivity (Wildman–Crippen MR) is 115 cm³/mol. The maximum Gasteiger partial charge on any atom is 0.319 e. The third-order valence-corrected chi connectivity index (χ3v) is 4.21. The molecule has 0 saturated carbocycles. The molecule has 0 saturated heterocycles. The number of nitrogens with one attached hydrogen (secondary N) is 2. The number of amides is 2.